The summed E-state index contributed by atoms with van der Waals surface area (Å²) in [7, 11) is 1.78. The molecular weight excluding hydrogens is 440 g/mol. The molecule has 0 spiro atoms. The van der Waals surface area contributed by atoms with Crippen LogP contribution in [0.3, 0.4) is 0 Å². The van der Waals surface area contributed by atoms with E-state index in [1.54, 1.807) is 24.1 Å². The Kier molecular flexibility index (Phi) is 6.59. The zero-order chi connectivity index (χ0) is 24.2. The number of nitrogens with zero attached hydrogens (tertiary/aromatic N) is 4. The molecule has 5 rings (SSSR count). The van der Waals surface area contributed by atoms with Crippen molar-refractivity contribution < 1.29 is 9.53 Å². The van der Waals surface area contributed by atoms with Crippen molar-refractivity contribution in [2.45, 2.75) is 13.1 Å². The summed E-state index contributed by atoms with van der Waals surface area (Å²) in [5.74, 6) is -0.222. The molecule has 3 aromatic carbocycles. The lowest BCUT2D eigenvalue weighted by molar-refractivity contribution is 0.0778. The van der Waals surface area contributed by atoms with E-state index in [2.05, 4.69) is 22.1 Å². The highest BCUT2D eigenvalue weighted by Gasteiger charge is 2.22. The summed E-state index contributed by atoms with van der Waals surface area (Å²) in [5, 5.41) is 5.62. The van der Waals surface area contributed by atoms with Crippen LogP contribution in [-0.2, 0) is 17.8 Å². The third-order valence-corrected chi connectivity index (χ3v) is 6.34. The Labute approximate surface area is 204 Å². The molecule has 4 aromatic rings. The average molecular weight is 469 g/mol. The van der Waals surface area contributed by atoms with Gasteiger partial charge in [0.25, 0.3) is 11.5 Å². The highest BCUT2D eigenvalue weighted by molar-refractivity contribution is 6.04. The molecule has 1 aliphatic heterocycles. The number of ether oxygens (including phenoxy) is 1. The molecule has 0 saturated carbocycles. The zero-order valence-electron chi connectivity index (χ0n) is 19.8. The first kappa shape index (κ1) is 22.8. The van der Waals surface area contributed by atoms with Gasteiger partial charge < -0.3 is 14.5 Å². The Bertz CT molecular complexity index is 1390. The standard InChI is InChI=1S/C28H28N4O3/c1-30(20-22-11-5-8-14-25(22)31-15-17-35-18-16-31)28(34)26-23-12-6-7-13-24(23)27(33)32(29-26)19-21-9-3-2-4-10-21/h2-14H,15-20H2,1H3. The summed E-state index contributed by atoms with van der Waals surface area (Å²) in [6.07, 6.45) is 0. The zero-order valence-corrected chi connectivity index (χ0v) is 19.8. The molecule has 1 saturated heterocycles. The molecular formula is C28H28N4O3. The van der Waals surface area contributed by atoms with Crippen molar-refractivity contribution in [3.63, 3.8) is 0 Å². The number of benzene rings is 3. The lowest BCUT2D eigenvalue weighted by atomic mass is 10.1. The van der Waals surface area contributed by atoms with Crippen LogP contribution < -0.4 is 10.5 Å². The Morgan fingerprint density at radius 1 is 0.914 bits per heavy atom. The fourth-order valence-electron chi connectivity index (χ4n) is 4.52. The Morgan fingerprint density at radius 3 is 2.34 bits per heavy atom. The lowest BCUT2D eigenvalue weighted by Gasteiger charge is -2.31. The largest absolute Gasteiger partial charge is 0.378 e. The van der Waals surface area contributed by atoms with E-state index in [0.29, 0.717) is 37.1 Å². The van der Waals surface area contributed by atoms with Crippen LogP contribution in [0.15, 0.2) is 83.7 Å². The molecule has 0 aliphatic carbocycles. The van der Waals surface area contributed by atoms with Crippen molar-refractivity contribution in [1.82, 2.24) is 14.7 Å². The van der Waals surface area contributed by atoms with Crippen molar-refractivity contribution >= 4 is 22.4 Å². The molecule has 1 fully saturated rings. The van der Waals surface area contributed by atoms with Crippen molar-refractivity contribution in [3.8, 4) is 0 Å². The fourth-order valence-corrected chi connectivity index (χ4v) is 4.52. The number of carbonyl (C=O) groups is 1. The number of morpholine rings is 1. The van der Waals surface area contributed by atoms with Crippen LogP contribution in [0, 0.1) is 0 Å². The smallest absolute Gasteiger partial charge is 0.274 e. The summed E-state index contributed by atoms with van der Waals surface area (Å²) >= 11 is 0. The molecule has 7 nitrogen and oxygen atoms in total. The number of hydrogen-bond acceptors (Lipinski definition) is 5. The minimum atomic E-state index is -0.222. The van der Waals surface area contributed by atoms with Gasteiger partial charge in [-0.2, -0.15) is 5.10 Å². The molecule has 7 heteroatoms. The van der Waals surface area contributed by atoms with Crippen LogP contribution in [0.1, 0.15) is 21.6 Å². The molecule has 0 N–H and O–H groups in total. The van der Waals surface area contributed by atoms with Gasteiger partial charge in [0.2, 0.25) is 0 Å². The number of anilines is 1. The van der Waals surface area contributed by atoms with E-state index >= 15 is 0 Å². The minimum absolute atomic E-state index is 0.207. The third-order valence-electron chi connectivity index (χ3n) is 6.34. The van der Waals surface area contributed by atoms with Crippen molar-refractivity contribution in [2.75, 3.05) is 38.3 Å². The maximum absolute atomic E-state index is 13.7. The minimum Gasteiger partial charge on any atom is -0.378 e. The number of carbonyl (C=O) groups excluding carboxylic acids is 1. The van der Waals surface area contributed by atoms with E-state index in [9.17, 15) is 9.59 Å². The van der Waals surface area contributed by atoms with Crippen LogP contribution in [-0.4, -0.2) is 53.9 Å². The quantitative estimate of drug-likeness (QED) is 0.433. The van der Waals surface area contributed by atoms with E-state index in [-0.39, 0.29) is 17.2 Å². The van der Waals surface area contributed by atoms with E-state index in [0.717, 1.165) is 29.9 Å². The highest BCUT2D eigenvalue weighted by Crippen LogP contribution is 2.24. The summed E-state index contributed by atoms with van der Waals surface area (Å²) < 4.78 is 6.89. The number of amides is 1. The normalized spacial score (nSPS) is 13.7. The van der Waals surface area contributed by atoms with Crippen LogP contribution in [0.25, 0.3) is 10.8 Å². The molecule has 0 unspecified atom stereocenters. The fraction of sp³-hybridized carbons (Fsp3) is 0.250. The second-order valence-corrected chi connectivity index (χ2v) is 8.73. The monoisotopic (exact) mass is 468 g/mol. The van der Waals surface area contributed by atoms with Crippen molar-refractivity contribution in [2.24, 2.45) is 0 Å². The van der Waals surface area contributed by atoms with Gasteiger partial charge in [-0.1, -0.05) is 66.7 Å². The van der Waals surface area contributed by atoms with Gasteiger partial charge in [-0.3, -0.25) is 9.59 Å². The average Bonchev–Trinajstić information content (AvgIpc) is 2.91. The second-order valence-electron chi connectivity index (χ2n) is 8.73. The number of para-hydroxylation sites is 1. The van der Waals surface area contributed by atoms with E-state index in [1.807, 2.05) is 54.6 Å². The number of fused-ring (bicyclic) bond motifs is 1. The summed E-state index contributed by atoms with van der Waals surface area (Å²) in [6, 6.07) is 25.0. The summed E-state index contributed by atoms with van der Waals surface area (Å²) in [4.78, 5) is 30.8. The predicted molar refractivity (Wildman–Crippen MR) is 137 cm³/mol. The second kappa shape index (κ2) is 10.1. The first-order valence-electron chi connectivity index (χ1n) is 11.8. The predicted octanol–water partition coefficient (Wildman–Crippen LogP) is 3.55. The van der Waals surface area contributed by atoms with E-state index in [4.69, 9.17) is 4.74 Å². The highest BCUT2D eigenvalue weighted by atomic mass is 16.5. The van der Waals surface area contributed by atoms with Gasteiger partial charge in [-0.15, -0.1) is 0 Å². The Balaban J connectivity index is 1.48. The molecule has 2 heterocycles. The van der Waals surface area contributed by atoms with Gasteiger partial charge in [0.1, 0.15) is 0 Å². The number of aromatic nitrogens is 2. The van der Waals surface area contributed by atoms with Crippen LogP contribution in [0.5, 0.6) is 0 Å². The van der Waals surface area contributed by atoms with E-state index < -0.39 is 0 Å². The molecule has 1 aliphatic rings. The SMILES string of the molecule is CN(Cc1ccccc1N1CCOCC1)C(=O)c1nn(Cc2ccccc2)c(=O)c2ccccc12. The molecule has 0 radical (unpaired) electrons. The van der Waals surface area contributed by atoms with Crippen molar-refractivity contribution in [3.05, 3.63) is 106 Å². The molecule has 0 atom stereocenters. The maximum atomic E-state index is 13.7. The molecule has 0 bridgehead atoms. The van der Waals surface area contributed by atoms with Gasteiger partial charge in [-0.05, 0) is 23.3 Å². The van der Waals surface area contributed by atoms with Gasteiger partial charge in [0.15, 0.2) is 5.69 Å². The van der Waals surface area contributed by atoms with Gasteiger partial charge in [0, 0.05) is 37.8 Å². The Morgan fingerprint density at radius 2 is 1.57 bits per heavy atom. The summed E-state index contributed by atoms with van der Waals surface area (Å²) in [6.45, 7) is 3.77. The van der Waals surface area contributed by atoms with Gasteiger partial charge in [0.05, 0.1) is 25.1 Å². The first-order chi connectivity index (χ1) is 17.1. The number of rotatable bonds is 6. The van der Waals surface area contributed by atoms with Crippen LogP contribution in [0.4, 0.5) is 5.69 Å². The van der Waals surface area contributed by atoms with Gasteiger partial charge >= 0.3 is 0 Å². The first-order valence-corrected chi connectivity index (χ1v) is 11.8. The topological polar surface area (TPSA) is 67.7 Å². The Hall–Kier alpha value is -3.97. The third kappa shape index (κ3) is 4.81. The summed E-state index contributed by atoms with van der Waals surface area (Å²) in [5.41, 5.74) is 3.20. The maximum Gasteiger partial charge on any atom is 0.274 e. The van der Waals surface area contributed by atoms with Crippen LogP contribution >= 0.6 is 0 Å². The van der Waals surface area contributed by atoms with E-state index in [1.165, 1.54) is 4.68 Å². The number of hydrogen-bond donors (Lipinski definition) is 0. The van der Waals surface area contributed by atoms with Crippen molar-refractivity contribution in [1.29, 1.82) is 0 Å². The molecule has 178 valence electrons. The molecule has 1 amide bonds. The van der Waals surface area contributed by atoms with Crippen LogP contribution in [0.2, 0.25) is 0 Å². The van der Waals surface area contributed by atoms with Gasteiger partial charge in [-0.25, -0.2) is 4.68 Å². The molecule has 35 heavy (non-hydrogen) atoms. The lowest BCUT2D eigenvalue weighted by Crippen LogP contribution is -2.37. The molecule has 1 aromatic heterocycles.